The Kier molecular flexibility index (Phi) is 3.89. The number of amides is 1. The molecule has 2 fully saturated rings. The van der Waals surface area contributed by atoms with Crippen LogP contribution in [-0.4, -0.2) is 50.1 Å². The lowest BCUT2D eigenvalue weighted by Crippen LogP contribution is -2.48. The third-order valence-electron chi connectivity index (χ3n) is 5.04. The quantitative estimate of drug-likeness (QED) is 0.921. The van der Waals surface area contributed by atoms with Crippen molar-refractivity contribution in [3.05, 3.63) is 29.8 Å². The van der Waals surface area contributed by atoms with Gasteiger partial charge in [-0.3, -0.25) is 9.69 Å². The van der Waals surface area contributed by atoms with Crippen LogP contribution in [0.2, 0.25) is 0 Å². The molecule has 0 saturated carbocycles. The molecule has 0 bridgehead atoms. The lowest BCUT2D eigenvalue weighted by Gasteiger charge is -2.32. The fourth-order valence-electron chi connectivity index (χ4n) is 3.77. The Morgan fingerprint density at radius 1 is 1.19 bits per heavy atom. The van der Waals surface area contributed by atoms with Gasteiger partial charge in [0.05, 0.1) is 0 Å². The first-order valence-electron chi connectivity index (χ1n) is 7.91. The fraction of sp³-hybridized carbons (Fsp3) is 0.588. The van der Waals surface area contributed by atoms with Crippen LogP contribution < -0.4 is 10.2 Å². The van der Waals surface area contributed by atoms with E-state index in [9.17, 15) is 4.79 Å². The minimum absolute atomic E-state index is 0.0495. The van der Waals surface area contributed by atoms with Crippen LogP contribution in [0.1, 0.15) is 36.0 Å². The molecule has 21 heavy (non-hydrogen) atoms. The smallest absolute Gasteiger partial charge is 0.251 e. The van der Waals surface area contributed by atoms with Gasteiger partial charge in [0, 0.05) is 37.4 Å². The van der Waals surface area contributed by atoms with Gasteiger partial charge in [-0.05, 0) is 63.0 Å². The Morgan fingerprint density at radius 3 is 2.38 bits per heavy atom. The first kappa shape index (κ1) is 14.4. The maximum absolute atomic E-state index is 12.3. The number of rotatable bonds is 4. The average molecular weight is 287 g/mol. The van der Waals surface area contributed by atoms with Crippen molar-refractivity contribution in [2.75, 3.05) is 38.6 Å². The Labute approximate surface area is 127 Å². The molecule has 1 aromatic rings. The second-order valence-corrected chi connectivity index (χ2v) is 6.54. The van der Waals surface area contributed by atoms with Gasteiger partial charge in [-0.15, -0.1) is 0 Å². The van der Waals surface area contributed by atoms with Gasteiger partial charge in [-0.25, -0.2) is 0 Å². The maximum atomic E-state index is 12.3. The molecule has 0 aliphatic carbocycles. The molecule has 114 valence electrons. The van der Waals surface area contributed by atoms with E-state index in [1.165, 1.54) is 38.8 Å². The van der Waals surface area contributed by atoms with Gasteiger partial charge in [0.1, 0.15) is 0 Å². The van der Waals surface area contributed by atoms with E-state index in [0.29, 0.717) is 0 Å². The number of carbonyl (C=O) groups is 1. The monoisotopic (exact) mass is 287 g/mol. The molecule has 1 aromatic carbocycles. The van der Waals surface area contributed by atoms with E-state index >= 15 is 0 Å². The van der Waals surface area contributed by atoms with Crippen molar-refractivity contribution in [2.45, 2.75) is 31.2 Å². The van der Waals surface area contributed by atoms with Gasteiger partial charge in [0.15, 0.2) is 0 Å². The summed E-state index contributed by atoms with van der Waals surface area (Å²) >= 11 is 0. The van der Waals surface area contributed by atoms with Gasteiger partial charge in [-0.1, -0.05) is 0 Å². The average Bonchev–Trinajstić information content (AvgIpc) is 3.04. The van der Waals surface area contributed by atoms with Crippen LogP contribution in [0.15, 0.2) is 24.3 Å². The van der Waals surface area contributed by atoms with Gasteiger partial charge >= 0.3 is 0 Å². The SMILES string of the molecule is CN(C)c1ccc(C(=O)NCC23CCCN2CCC3)cc1. The zero-order chi connectivity index (χ0) is 14.9. The Balaban J connectivity index is 1.61. The van der Waals surface area contributed by atoms with E-state index < -0.39 is 0 Å². The normalized spacial score (nSPS) is 20.3. The molecular formula is C17H25N3O. The number of hydrogen-bond acceptors (Lipinski definition) is 3. The summed E-state index contributed by atoms with van der Waals surface area (Å²) in [6.45, 7) is 3.20. The van der Waals surface area contributed by atoms with Gasteiger partial charge in [0.25, 0.3) is 5.91 Å². The summed E-state index contributed by atoms with van der Waals surface area (Å²) in [6.07, 6.45) is 5.00. The molecule has 1 amide bonds. The molecule has 4 heteroatoms. The molecule has 2 aliphatic heterocycles. The second kappa shape index (κ2) is 5.68. The molecule has 2 saturated heterocycles. The molecule has 0 unspecified atom stereocenters. The predicted molar refractivity (Wildman–Crippen MR) is 85.9 cm³/mol. The third kappa shape index (κ3) is 2.77. The molecule has 4 nitrogen and oxygen atoms in total. The summed E-state index contributed by atoms with van der Waals surface area (Å²) in [5.74, 6) is 0.0495. The summed E-state index contributed by atoms with van der Waals surface area (Å²) < 4.78 is 0. The van der Waals surface area contributed by atoms with Gasteiger partial charge in [0.2, 0.25) is 0 Å². The molecule has 2 aliphatic rings. The highest BCUT2D eigenvalue weighted by molar-refractivity contribution is 5.94. The summed E-state index contributed by atoms with van der Waals surface area (Å²) in [5.41, 5.74) is 2.11. The van der Waals surface area contributed by atoms with E-state index in [2.05, 4.69) is 10.2 Å². The number of hydrogen-bond donors (Lipinski definition) is 1. The maximum Gasteiger partial charge on any atom is 0.251 e. The standard InChI is InChI=1S/C17H25N3O/c1-19(2)15-7-5-14(6-8-15)16(21)18-13-17-9-3-11-20(17)12-4-10-17/h5-8H,3-4,9-13H2,1-2H3,(H,18,21). The molecule has 2 heterocycles. The number of nitrogens with zero attached hydrogens (tertiary/aromatic N) is 2. The minimum atomic E-state index is 0.0495. The van der Waals surface area contributed by atoms with Crippen LogP contribution in [0.25, 0.3) is 0 Å². The van der Waals surface area contributed by atoms with Crippen LogP contribution >= 0.6 is 0 Å². The van der Waals surface area contributed by atoms with Crippen LogP contribution in [0.5, 0.6) is 0 Å². The molecular weight excluding hydrogens is 262 g/mol. The van der Waals surface area contributed by atoms with Crippen molar-refractivity contribution in [3.8, 4) is 0 Å². The fourth-order valence-corrected chi connectivity index (χ4v) is 3.77. The van der Waals surface area contributed by atoms with E-state index in [-0.39, 0.29) is 11.4 Å². The Morgan fingerprint density at radius 2 is 1.81 bits per heavy atom. The Hall–Kier alpha value is -1.55. The highest BCUT2D eigenvalue weighted by atomic mass is 16.1. The first-order chi connectivity index (χ1) is 10.1. The van der Waals surface area contributed by atoms with Crippen molar-refractivity contribution in [3.63, 3.8) is 0 Å². The van der Waals surface area contributed by atoms with Crippen LogP contribution in [0.3, 0.4) is 0 Å². The van der Waals surface area contributed by atoms with Crippen molar-refractivity contribution in [1.82, 2.24) is 10.2 Å². The zero-order valence-corrected chi connectivity index (χ0v) is 13.1. The van der Waals surface area contributed by atoms with Crippen LogP contribution in [-0.2, 0) is 0 Å². The minimum Gasteiger partial charge on any atom is -0.378 e. The molecule has 3 rings (SSSR count). The molecule has 0 aromatic heterocycles. The first-order valence-corrected chi connectivity index (χ1v) is 7.91. The lowest BCUT2D eigenvalue weighted by atomic mass is 9.94. The summed E-state index contributed by atoms with van der Waals surface area (Å²) in [5, 5.41) is 3.16. The molecule has 0 spiro atoms. The molecule has 0 atom stereocenters. The van der Waals surface area contributed by atoms with E-state index in [0.717, 1.165) is 17.8 Å². The molecule has 0 radical (unpaired) electrons. The topological polar surface area (TPSA) is 35.6 Å². The van der Waals surface area contributed by atoms with Crippen molar-refractivity contribution in [2.24, 2.45) is 0 Å². The molecule has 1 N–H and O–H groups in total. The highest BCUT2D eigenvalue weighted by Gasteiger charge is 2.44. The zero-order valence-electron chi connectivity index (χ0n) is 13.1. The number of nitrogens with one attached hydrogen (secondary N) is 1. The van der Waals surface area contributed by atoms with Gasteiger partial charge < -0.3 is 10.2 Å². The third-order valence-corrected chi connectivity index (χ3v) is 5.04. The summed E-state index contributed by atoms with van der Waals surface area (Å²) in [7, 11) is 4.01. The lowest BCUT2D eigenvalue weighted by molar-refractivity contribution is 0.0919. The number of benzene rings is 1. The Bertz CT molecular complexity index is 499. The summed E-state index contributed by atoms with van der Waals surface area (Å²) in [6, 6.07) is 7.79. The van der Waals surface area contributed by atoms with Crippen molar-refractivity contribution < 1.29 is 4.79 Å². The van der Waals surface area contributed by atoms with Crippen LogP contribution in [0.4, 0.5) is 5.69 Å². The van der Waals surface area contributed by atoms with Crippen molar-refractivity contribution >= 4 is 11.6 Å². The van der Waals surface area contributed by atoms with Crippen LogP contribution in [0, 0.1) is 0 Å². The number of anilines is 1. The number of carbonyl (C=O) groups excluding carboxylic acids is 1. The number of fused-ring (bicyclic) bond motifs is 1. The van der Waals surface area contributed by atoms with Crippen molar-refractivity contribution in [1.29, 1.82) is 0 Å². The van der Waals surface area contributed by atoms with E-state index in [1.54, 1.807) is 0 Å². The van der Waals surface area contributed by atoms with E-state index in [4.69, 9.17) is 0 Å². The highest BCUT2D eigenvalue weighted by Crippen LogP contribution is 2.38. The van der Waals surface area contributed by atoms with E-state index in [1.807, 2.05) is 43.3 Å². The second-order valence-electron chi connectivity index (χ2n) is 6.54. The largest absolute Gasteiger partial charge is 0.378 e. The van der Waals surface area contributed by atoms with Gasteiger partial charge in [-0.2, -0.15) is 0 Å². The summed E-state index contributed by atoms with van der Waals surface area (Å²) in [4.78, 5) is 16.9. The predicted octanol–water partition coefficient (Wildman–Crippen LogP) is 2.11.